The zero-order chi connectivity index (χ0) is 8.10. The second kappa shape index (κ2) is 3.69. The predicted molar refractivity (Wildman–Crippen MR) is 44.0 cm³/mol. The minimum atomic E-state index is -0.515. The Morgan fingerprint density at radius 1 is 1.73 bits per heavy atom. The number of nitrogens with zero attached hydrogens (tertiary/aromatic N) is 1. The van der Waals surface area contributed by atoms with Crippen molar-refractivity contribution in [1.29, 1.82) is 5.26 Å². The molecule has 0 fully saturated rings. The molecule has 0 atom stereocenters. The van der Waals surface area contributed by atoms with Gasteiger partial charge in [0.2, 0.25) is 0 Å². The molecule has 0 saturated carbocycles. The Morgan fingerprint density at radius 3 is 3.09 bits per heavy atom. The molecule has 0 saturated heterocycles. The maximum atomic E-state index is 10.5. The van der Waals surface area contributed by atoms with Gasteiger partial charge in [0, 0.05) is 4.88 Å². The van der Waals surface area contributed by atoms with E-state index in [9.17, 15) is 4.79 Å². The average Bonchev–Trinajstić information content (AvgIpc) is 2.52. The van der Waals surface area contributed by atoms with Crippen LogP contribution in [-0.2, 0) is 4.79 Å². The van der Waals surface area contributed by atoms with Crippen LogP contribution in [0.4, 0.5) is 0 Å². The molecule has 0 unspecified atom stereocenters. The highest BCUT2D eigenvalue weighted by molar-refractivity contribution is 7.10. The molecule has 0 aliphatic rings. The average molecular weight is 163 g/mol. The van der Waals surface area contributed by atoms with E-state index in [0.717, 1.165) is 4.88 Å². The van der Waals surface area contributed by atoms with E-state index < -0.39 is 5.78 Å². The van der Waals surface area contributed by atoms with Crippen LogP contribution in [0.5, 0.6) is 0 Å². The number of hydrogen-bond acceptors (Lipinski definition) is 3. The number of thiophene rings is 1. The third-order valence-corrected chi connectivity index (χ3v) is 1.89. The van der Waals surface area contributed by atoms with Crippen LogP contribution in [0.25, 0.3) is 6.08 Å². The van der Waals surface area contributed by atoms with E-state index in [0.29, 0.717) is 0 Å². The SMILES string of the molecule is N#CC(=O)/C=C/c1cccs1. The molecule has 54 valence electrons. The maximum Gasteiger partial charge on any atom is 0.255 e. The minimum Gasteiger partial charge on any atom is -0.278 e. The molecule has 0 amide bonds. The van der Waals surface area contributed by atoms with Crippen molar-refractivity contribution < 1.29 is 4.79 Å². The van der Waals surface area contributed by atoms with E-state index in [1.807, 2.05) is 17.5 Å². The molecule has 0 bridgehead atoms. The predicted octanol–water partition coefficient (Wildman–Crippen LogP) is 1.85. The van der Waals surface area contributed by atoms with Gasteiger partial charge in [0.1, 0.15) is 6.07 Å². The van der Waals surface area contributed by atoms with E-state index in [1.54, 1.807) is 6.08 Å². The van der Waals surface area contributed by atoms with E-state index in [2.05, 4.69) is 0 Å². The standard InChI is InChI=1S/C8H5NOS/c9-6-7(10)3-4-8-2-1-5-11-8/h1-5H/b4-3+. The van der Waals surface area contributed by atoms with Crippen LogP contribution in [-0.4, -0.2) is 5.78 Å². The van der Waals surface area contributed by atoms with Crippen LogP contribution in [0.1, 0.15) is 4.88 Å². The summed E-state index contributed by atoms with van der Waals surface area (Å²) in [5, 5.41) is 10.0. The summed E-state index contributed by atoms with van der Waals surface area (Å²) in [5.41, 5.74) is 0. The highest BCUT2D eigenvalue weighted by atomic mass is 32.1. The van der Waals surface area contributed by atoms with Crippen molar-refractivity contribution in [2.24, 2.45) is 0 Å². The Hall–Kier alpha value is -1.40. The summed E-state index contributed by atoms with van der Waals surface area (Å²) in [6, 6.07) is 5.28. The first-order valence-electron chi connectivity index (χ1n) is 2.98. The van der Waals surface area contributed by atoms with Crippen molar-refractivity contribution in [2.75, 3.05) is 0 Å². The third-order valence-electron chi connectivity index (χ3n) is 1.05. The lowest BCUT2D eigenvalue weighted by atomic mass is 10.3. The molecule has 0 aliphatic carbocycles. The van der Waals surface area contributed by atoms with Crippen molar-refractivity contribution >= 4 is 23.2 Å². The Balaban J connectivity index is 2.64. The Kier molecular flexibility index (Phi) is 2.59. The fraction of sp³-hybridized carbons (Fsp3) is 0. The lowest BCUT2D eigenvalue weighted by Crippen LogP contribution is -1.82. The van der Waals surface area contributed by atoms with Gasteiger partial charge >= 0.3 is 0 Å². The van der Waals surface area contributed by atoms with E-state index >= 15 is 0 Å². The second-order valence-electron chi connectivity index (χ2n) is 1.82. The van der Waals surface area contributed by atoms with Gasteiger partial charge in [-0.15, -0.1) is 11.3 Å². The fourth-order valence-electron chi connectivity index (χ4n) is 0.581. The largest absolute Gasteiger partial charge is 0.278 e. The van der Waals surface area contributed by atoms with Gasteiger partial charge in [-0.1, -0.05) is 6.07 Å². The smallest absolute Gasteiger partial charge is 0.255 e. The van der Waals surface area contributed by atoms with Crippen LogP contribution in [0.3, 0.4) is 0 Å². The summed E-state index contributed by atoms with van der Waals surface area (Å²) in [4.78, 5) is 11.4. The molecule has 1 aromatic rings. The quantitative estimate of drug-likeness (QED) is 0.493. The first-order valence-corrected chi connectivity index (χ1v) is 3.86. The maximum absolute atomic E-state index is 10.5. The summed E-state index contributed by atoms with van der Waals surface area (Å²) in [7, 11) is 0. The Morgan fingerprint density at radius 2 is 2.55 bits per heavy atom. The summed E-state index contributed by atoms with van der Waals surface area (Å²) in [6.45, 7) is 0. The lowest BCUT2D eigenvalue weighted by Gasteiger charge is -1.77. The number of ketones is 1. The topological polar surface area (TPSA) is 40.9 Å². The lowest BCUT2D eigenvalue weighted by molar-refractivity contribution is -0.109. The van der Waals surface area contributed by atoms with E-state index in [1.165, 1.54) is 23.5 Å². The zero-order valence-corrected chi connectivity index (χ0v) is 6.47. The zero-order valence-electron chi connectivity index (χ0n) is 5.65. The van der Waals surface area contributed by atoms with Gasteiger partial charge in [0.15, 0.2) is 0 Å². The number of carbonyl (C=O) groups is 1. The third kappa shape index (κ3) is 2.36. The van der Waals surface area contributed by atoms with Crippen molar-refractivity contribution in [1.82, 2.24) is 0 Å². The van der Waals surface area contributed by atoms with Crippen LogP contribution in [0.15, 0.2) is 23.6 Å². The molecule has 2 nitrogen and oxygen atoms in total. The van der Waals surface area contributed by atoms with Gasteiger partial charge in [-0.2, -0.15) is 5.26 Å². The minimum absolute atomic E-state index is 0.515. The highest BCUT2D eigenvalue weighted by Crippen LogP contribution is 2.09. The molecule has 0 N–H and O–H groups in total. The van der Waals surface area contributed by atoms with Crippen LogP contribution in [0.2, 0.25) is 0 Å². The van der Waals surface area contributed by atoms with Crippen LogP contribution < -0.4 is 0 Å². The van der Waals surface area contributed by atoms with Crippen molar-refractivity contribution in [3.8, 4) is 6.07 Å². The van der Waals surface area contributed by atoms with Gasteiger partial charge in [0.25, 0.3) is 5.78 Å². The monoisotopic (exact) mass is 163 g/mol. The van der Waals surface area contributed by atoms with Crippen LogP contribution >= 0.6 is 11.3 Å². The van der Waals surface area contributed by atoms with Crippen molar-refractivity contribution in [2.45, 2.75) is 0 Å². The van der Waals surface area contributed by atoms with E-state index in [-0.39, 0.29) is 0 Å². The number of rotatable bonds is 2. The number of hydrogen-bond donors (Lipinski definition) is 0. The second-order valence-corrected chi connectivity index (χ2v) is 2.80. The van der Waals surface area contributed by atoms with Gasteiger partial charge in [-0.25, -0.2) is 0 Å². The summed E-state index contributed by atoms with van der Waals surface area (Å²) >= 11 is 1.53. The van der Waals surface area contributed by atoms with Gasteiger partial charge < -0.3 is 0 Å². The number of allylic oxidation sites excluding steroid dienone is 1. The molecule has 0 aromatic carbocycles. The molecular weight excluding hydrogens is 158 g/mol. The van der Waals surface area contributed by atoms with Gasteiger partial charge in [0.05, 0.1) is 0 Å². The summed E-state index contributed by atoms with van der Waals surface area (Å²) < 4.78 is 0. The molecule has 3 heteroatoms. The number of nitriles is 1. The molecule has 0 aliphatic heterocycles. The summed E-state index contributed by atoms with van der Waals surface area (Å²) in [5.74, 6) is -0.515. The molecule has 0 radical (unpaired) electrons. The molecule has 0 spiro atoms. The highest BCUT2D eigenvalue weighted by Gasteiger charge is 1.90. The normalized spacial score (nSPS) is 9.73. The van der Waals surface area contributed by atoms with Crippen molar-refractivity contribution in [3.05, 3.63) is 28.5 Å². The van der Waals surface area contributed by atoms with Crippen molar-refractivity contribution in [3.63, 3.8) is 0 Å². The fourth-order valence-corrected chi connectivity index (χ4v) is 1.20. The first-order chi connectivity index (χ1) is 5.33. The molecule has 1 heterocycles. The van der Waals surface area contributed by atoms with Gasteiger partial charge in [-0.05, 0) is 23.6 Å². The van der Waals surface area contributed by atoms with E-state index in [4.69, 9.17) is 5.26 Å². The molecule has 11 heavy (non-hydrogen) atoms. The van der Waals surface area contributed by atoms with Crippen LogP contribution in [0, 0.1) is 11.3 Å². The Bertz CT molecular complexity index is 305. The molecular formula is C8H5NOS. The molecule has 1 rings (SSSR count). The first kappa shape index (κ1) is 7.70. The molecule has 1 aromatic heterocycles. The van der Waals surface area contributed by atoms with Gasteiger partial charge in [-0.3, -0.25) is 4.79 Å². The number of carbonyl (C=O) groups excluding carboxylic acids is 1. The summed E-state index contributed by atoms with van der Waals surface area (Å²) in [6.07, 6.45) is 2.90. The Labute approximate surface area is 68.4 Å².